The first-order chi connectivity index (χ1) is 8.72. The SMILES string of the molecule is O=Cc1cc(C(F)(F)F)cc([N+](=O)[O-])c1C(=O)CBr. The van der Waals surface area contributed by atoms with Gasteiger partial charge in [0.1, 0.15) is 5.56 Å². The Bertz CT molecular complexity index is 556. The number of nitrogens with zero attached hydrogens (tertiary/aromatic N) is 1. The van der Waals surface area contributed by atoms with Crippen LogP contribution in [0, 0.1) is 10.1 Å². The van der Waals surface area contributed by atoms with Crippen LogP contribution < -0.4 is 0 Å². The second kappa shape index (κ2) is 5.47. The third-order valence-corrected chi connectivity index (χ3v) is 2.71. The highest BCUT2D eigenvalue weighted by atomic mass is 79.9. The topological polar surface area (TPSA) is 77.3 Å². The molecule has 0 N–H and O–H groups in total. The monoisotopic (exact) mass is 339 g/mol. The summed E-state index contributed by atoms with van der Waals surface area (Å²) in [7, 11) is 0. The van der Waals surface area contributed by atoms with Crippen molar-refractivity contribution in [1.82, 2.24) is 0 Å². The van der Waals surface area contributed by atoms with E-state index in [9.17, 15) is 32.9 Å². The van der Waals surface area contributed by atoms with E-state index in [1.807, 2.05) is 0 Å². The van der Waals surface area contributed by atoms with Gasteiger partial charge in [-0.3, -0.25) is 19.7 Å². The first kappa shape index (κ1) is 15.3. The molecule has 0 bridgehead atoms. The minimum atomic E-state index is -4.85. The van der Waals surface area contributed by atoms with Crippen LogP contribution in [0.2, 0.25) is 0 Å². The number of ketones is 1. The van der Waals surface area contributed by atoms with E-state index in [1.54, 1.807) is 0 Å². The van der Waals surface area contributed by atoms with Gasteiger partial charge >= 0.3 is 6.18 Å². The summed E-state index contributed by atoms with van der Waals surface area (Å²) in [4.78, 5) is 31.8. The van der Waals surface area contributed by atoms with Crippen LogP contribution in [0.1, 0.15) is 26.3 Å². The Labute approximate surface area is 112 Å². The Morgan fingerprint density at radius 2 is 2.00 bits per heavy atom. The molecule has 0 aliphatic heterocycles. The summed E-state index contributed by atoms with van der Waals surface area (Å²) >= 11 is 2.75. The zero-order valence-corrected chi connectivity index (χ0v) is 10.6. The standard InChI is InChI=1S/C10H5BrF3NO4/c11-3-8(17)9-5(4-16)1-6(10(12,13)14)2-7(9)15(18)19/h1-2,4H,3H2. The molecule has 5 nitrogen and oxygen atoms in total. The molecule has 0 aromatic heterocycles. The zero-order valence-electron chi connectivity index (χ0n) is 9.03. The molecule has 0 atom stereocenters. The molecule has 0 aliphatic rings. The normalized spacial score (nSPS) is 11.2. The number of carbonyl (C=O) groups is 2. The molecule has 0 radical (unpaired) electrons. The highest BCUT2D eigenvalue weighted by molar-refractivity contribution is 9.09. The van der Waals surface area contributed by atoms with Crippen LogP contribution in [-0.4, -0.2) is 22.3 Å². The van der Waals surface area contributed by atoms with Gasteiger partial charge in [0.15, 0.2) is 12.1 Å². The second-order valence-corrected chi connectivity index (χ2v) is 3.95. The van der Waals surface area contributed by atoms with Gasteiger partial charge < -0.3 is 0 Å². The fraction of sp³-hybridized carbons (Fsp3) is 0.200. The van der Waals surface area contributed by atoms with E-state index >= 15 is 0 Å². The molecule has 9 heteroatoms. The molecule has 0 spiro atoms. The van der Waals surface area contributed by atoms with Crippen molar-refractivity contribution in [1.29, 1.82) is 0 Å². The molecule has 1 rings (SSSR count). The lowest BCUT2D eigenvalue weighted by molar-refractivity contribution is -0.385. The number of rotatable bonds is 4. The van der Waals surface area contributed by atoms with Crippen LogP contribution in [0.3, 0.4) is 0 Å². The molecule has 0 heterocycles. The average molecular weight is 340 g/mol. The number of nitro benzene ring substituents is 1. The summed E-state index contributed by atoms with van der Waals surface area (Å²) in [5.41, 5.74) is -3.69. The Morgan fingerprint density at radius 3 is 2.37 bits per heavy atom. The maximum Gasteiger partial charge on any atom is 0.416 e. The lowest BCUT2D eigenvalue weighted by Gasteiger charge is -2.10. The van der Waals surface area contributed by atoms with Crippen molar-refractivity contribution in [2.75, 3.05) is 5.33 Å². The van der Waals surface area contributed by atoms with Crippen molar-refractivity contribution < 1.29 is 27.7 Å². The van der Waals surface area contributed by atoms with Crippen molar-refractivity contribution in [3.63, 3.8) is 0 Å². The highest BCUT2D eigenvalue weighted by Crippen LogP contribution is 2.34. The lowest BCUT2D eigenvalue weighted by atomic mass is 9.99. The number of carbonyl (C=O) groups excluding carboxylic acids is 2. The van der Waals surface area contributed by atoms with Crippen LogP contribution in [0.15, 0.2) is 12.1 Å². The molecule has 0 fully saturated rings. The Morgan fingerprint density at radius 1 is 1.42 bits per heavy atom. The number of Topliss-reactive ketones (excluding diaryl/α,β-unsaturated/α-hetero) is 1. The molecule has 102 valence electrons. The summed E-state index contributed by atoms with van der Waals surface area (Å²) in [6, 6.07) is 0.652. The van der Waals surface area contributed by atoms with Crippen LogP contribution in [0.25, 0.3) is 0 Å². The quantitative estimate of drug-likeness (QED) is 0.278. The Kier molecular flexibility index (Phi) is 4.40. The van der Waals surface area contributed by atoms with E-state index < -0.39 is 39.3 Å². The van der Waals surface area contributed by atoms with Crippen molar-refractivity contribution in [3.8, 4) is 0 Å². The summed E-state index contributed by atoms with van der Waals surface area (Å²) in [5, 5.41) is 10.4. The largest absolute Gasteiger partial charge is 0.416 e. The predicted molar refractivity (Wildman–Crippen MR) is 61.6 cm³/mol. The smallest absolute Gasteiger partial charge is 0.298 e. The van der Waals surface area contributed by atoms with Gasteiger partial charge in [0.05, 0.1) is 15.8 Å². The van der Waals surface area contributed by atoms with Crippen molar-refractivity contribution >= 4 is 33.7 Å². The number of halogens is 4. The number of alkyl halides is 4. The van der Waals surface area contributed by atoms with E-state index in [0.29, 0.717) is 6.07 Å². The van der Waals surface area contributed by atoms with E-state index in [-0.39, 0.29) is 17.7 Å². The van der Waals surface area contributed by atoms with Crippen molar-refractivity contribution in [3.05, 3.63) is 38.9 Å². The third-order valence-electron chi connectivity index (χ3n) is 2.20. The van der Waals surface area contributed by atoms with Gasteiger partial charge in [0, 0.05) is 11.6 Å². The summed E-state index contributed by atoms with van der Waals surface area (Å²) in [5.74, 6) is -0.845. The van der Waals surface area contributed by atoms with Gasteiger partial charge in [-0.2, -0.15) is 13.2 Å². The van der Waals surface area contributed by atoms with Gasteiger partial charge in [-0.15, -0.1) is 0 Å². The molecule has 0 unspecified atom stereocenters. The lowest BCUT2D eigenvalue weighted by Crippen LogP contribution is -2.13. The van der Waals surface area contributed by atoms with Crippen LogP contribution in [-0.2, 0) is 6.18 Å². The molecular formula is C10H5BrF3NO4. The summed E-state index contributed by atoms with van der Waals surface area (Å²) in [6.45, 7) is 0. The van der Waals surface area contributed by atoms with Crippen LogP contribution in [0.5, 0.6) is 0 Å². The molecule has 19 heavy (non-hydrogen) atoms. The minimum absolute atomic E-state index is 0.0157. The summed E-state index contributed by atoms with van der Waals surface area (Å²) in [6.07, 6.45) is -4.86. The van der Waals surface area contributed by atoms with Gasteiger partial charge in [-0.05, 0) is 6.07 Å². The number of aldehydes is 1. The number of hydrogen-bond acceptors (Lipinski definition) is 4. The van der Waals surface area contributed by atoms with Gasteiger partial charge in [-0.25, -0.2) is 0 Å². The second-order valence-electron chi connectivity index (χ2n) is 3.39. The van der Waals surface area contributed by atoms with E-state index in [1.165, 1.54) is 0 Å². The van der Waals surface area contributed by atoms with Crippen molar-refractivity contribution in [2.45, 2.75) is 6.18 Å². The predicted octanol–water partition coefficient (Wildman–Crippen LogP) is 3.00. The molecule has 1 aromatic carbocycles. The first-order valence-corrected chi connectivity index (χ1v) is 5.78. The molecule has 0 saturated heterocycles. The van der Waals surface area contributed by atoms with Crippen molar-refractivity contribution in [2.24, 2.45) is 0 Å². The van der Waals surface area contributed by atoms with Crippen LogP contribution >= 0.6 is 15.9 Å². The van der Waals surface area contributed by atoms with Gasteiger partial charge in [0.25, 0.3) is 5.69 Å². The average Bonchev–Trinajstić information content (AvgIpc) is 2.34. The molecule has 0 saturated carbocycles. The van der Waals surface area contributed by atoms with E-state index in [2.05, 4.69) is 15.9 Å². The first-order valence-electron chi connectivity index (χ1n) is 4.66. The highest BCUT2D eigenvalue weighted by Gasteiger charge is 2.35. The Hall–Kier alpha value is -1.77. The van der Waals surface area contributed by atoms with Gasteiger partial charge in [-0.1, -0.05) is 15.9 Å². The molecule has 1 aromatic rings. The molecule has 0 aliphatic carbocycles. The minimum Gasteiger partial charge on any atom is -0.298 e. The van der Waals surface area contributed by atoms with Crippen LogP contribution in [0.4, 0.5) is 18.9 Å². The zero-order chi connectivity index (χ0) is 14.8. The maximum atomic E-state index is 12.5. The van der Waals surface area contributed by atoms with E-state index in [0.717, 1.165) is 0 Å². The maximum absolute atomic E-state index is 12.5. The van der Waals surface area contributed by atoms with Gasteiger partial charge in [0.2, 0.25) is 0 Å². The number of benzene rings is 1. The third kappa shape index (κ3) is 3.16. The Balaban J connectivity index is 3.68. The molecular weight excluding hydrogens is 335 g/mol. The summed E-state index contributed by atoms with van der Waals surface area (Å²) < 4.78 is 37.6. The fourth-order valence-electron chi connectivity index (χ4n) is 1.42. The number of hydrogen-bond donors (Lipinski definition) is 0. The van der Waals surface area contributed by atoms with E-state index in [4.69, 9.17) is 0 Å². The fourth-order valence-corrected chi connectivity index (χ4v) is 1.70. The number of nitro groups is 1. The molecule has 0 amide bonds.